The van der Waals surface area contributed by atoms with E-state index in [1.54, 1.807) is 0 Å². The first-order valence-corrected chi connectivity index (χ1v) is 12.5. The van der Waals surface area contributed by atoms with Crippen LogP contribution in [0, 0.1) is 5.82 Å². The van der Waals surface area contributed by atoms with Gasteiger partial charge < -0.3 is 10.1 Å². The van der Waals surface area contributed by atoms with E-state index in [4.69, 9.17) is 4.74 Å². The van der Waals surface area contributed by atoms with Gasteiger partial charge in [0.1, 0.15) is 18.0 Å². The third-order valence-electron chi connectivity index (χ3n) is 5.62. The fraction of sp³-hybridized carbons (Fsp3) is 0.261. The van der Waals surface area contributed by atoms with Gasteiger partial charge in [0.15, 0.2) is 0 Å². The Morgan fingerprint density at radius 1 is 1.18 bits per heavy atom. The predicted molar refractivity (Wildman–Crippen MR) is 124 cm³/mol. The maximum Gasteiger partial charge on any atom is 0.451 e. The van der Waals surface area contributed by atoms with E-state index in [1.807, 2.05) is 0 Å². The molecule has 1 aromatic carbocycles. The minimum absolute atomic E-state index is 0.0819. The van der Waals surface area contributed by atoms with Gasteiger partial charge in [0.05, 0.1) is 35.6 Å². The summed E-state index contributed by atoms with van der Waals surface area (Å²) >= 11 is 0. The molecule has 0 unspecified atom stereocenters. The van der Waals surface area contributed by atoms with Gasteiger partial charge in [0.25, 0.3) is 10.0 Å². The van der Waals surface area contributed by atoms with Crippen molar-refractivity contribution in [1.29, 1.82) is 0 Å². The number of amides is 1. The van der Waals surface area contributed by atoms with Crippen LogP contribution in [0.15, 0.2) is 59.9 Å². The molecule has 1 amide bonds. The Bertz CT molecular complexity index is 1500. The molecule has 10 nitrogen and oxygen atoms in total. The number of carbonyl (C=O) groups excluding carboxylic acids is 1. The molecule has 39 heavy (non-hydrogen) atoms. The van der Waals surface area contributed by atoms with E-state index in [-0.39, 0.29) is 34.4 Å². The largest absolute Gasteiger partial charge is 0.467 e. The molecule has 0 bridgehead atoms. The molecule has 4 rings (SSSR count). The van der Waals surface area contributed by atoms with Crippen LogP contribution < -0.4 is 10.1 Å². The number of hydrogen-bond donors (Lipinski definition) is 1. The van der Waals surface area contributed by atoms with Crippen LogP contribution in [-0.2, 0) is 27.5 Å². The number of nitrogens with one attached hydrogen (secondary N) is 1. The van der Waals surface area contributed by atoms with E-state index in [0.29, 0.717) is 4.31 Å². The Morgan fingerprint density at radius 2 is 1.82 bits per heavy atom. The summed E-state index contributed by atoms with van der Waals surface area (Å²) < 4.78 is 98.0. The van der Waals surface area contributed by atoms with Crippen molar-refractivity contribution in [2.45, 2.75) is 36.3 Å². The van der Waals surface area contributed by atoms with Crippen LogP contribution >= 0.6 is 0 Å². The zero-order chi connectivity index (χ0) is 28.5. The van der Waals surface area contributed by atoms with Crippen molar-refractivity contribution in [3.63, 3.8) is 0 Å². The van der Waals surface area contributed by atoms with Crippen LogP contribution in [0.2, 0.25) is 0 Å². The van der Waals surface area contributed by atoms with Gasteiger partial charge >= 0.3 is 12.2 Å². The maximum atomic E-state index is 14.5. The summed E-state index contributed by atoms with van der Waals surface area (Å²) in [5.41, 5.74) is -0.141. The monoisotopic (exact) mass is 570 g/mol. The Kier molecular flexibility index (Phi) is 7.50. The molecular formula is C23H19F5N6O4S. The van der Waals surface area contributed by atoms with E-state index in [9.17, 15) is 35.2 Å². The number of benzene rings is 1. The number of allylic oxidation sites excluding steroid dienone is 1. The van der Waals surface area contributed by atoms with Gasteiger partial charge in [-0.25, -0.2) is 27.2 Å². The van der Waals surface area contributed by atoms with Crippen molar-refractivity contribution < 1.29 is 39.9 Å². The van der Waals surface area contributed by atoms with E-state index in [0.717, 1.165) is 36.7 Å². The molecular weight excluding hydrogens is 551 g/mol. The Hall–Kier alpha value is -4.21. The number of sulfonamides is 1. The molecule has 1 aliphatic heterocycles. The van der Waals surface area contributed by atoms with Crippen LogP contribution in [0.5, 0.6) is 6.01 Å². The molecule has 3 heterocycles. The van der Waals surface area contributed by atoms with Crippen molar-refractivity contribution >= 4 is 15.9 Å². The van der Waals surface area contributed by atoms with E-state index in [2.05, 4.69) is 31.8 Å². The summed E-state index contributed by atoms with van der Waals surface area (Å²) in [7, 11) is -3.21. The highest BCUT2D eigenvalue weighted by Crippen LogP contribution is 2.35. The van der Waals surface area contributed by atoms with Crippen molar-refractivity contribution in [2.24, 2.45) is 0 Å². The van der Waals surface area contributed by atoms with Crippen LogP contribution in [0.1, 0.15) is 17.9 Å². The Labute approximate surface area is 218 Å². The SMILES string of the molecule is C=C1[C@H](F)C[C@@H](C(=O)NCc2cc(-c3cnc(C(F)(F)F)nc3)nc(OC)n2)N1S(=O)(=O)c1ccc(F)cc1. The highest BCUT2D eigenvalue weighted by molar-refractivity contribution is 7.89. The summed E-state index contributed by atoms with van der Waals surface area (Å²) in [6.45, 7) is 3.16. The molecule has 0 spiro atoms. The predicted octanol–water partition coefficient (Wildman–Crippen LogP) is 3.03. The van der Waals surface area contributed by atoms with Crippen molar-refractivity contribution in [2.75, 3.05) is 7.11 Å². The van der Waals surface area contributed by atoms with E-state index < -0.39 is 58.1 Å². The quantitative estimate of drug-likeness (QED) is 0.430. The topological polar surface area (TPSA) is 127 Å². The van der Waals surface area contributed by atoms with Gasteiger partial charge in [0, 0.05) is 24.4 Å². The average Bonchev–Trinajstić information content (AvgIpc) is 3.21. The van der Waals surface area contributed by atoms with Crippen LogP contribution in [0.25, 0.3) is 11.3 Å². The van der Waals surface area contributed by atoms with Gasteiger partial charge in [-0.2, -0.15) is 23.1 Å². The molecule has 3 aromatic rings. The fourth-order valence-electron chi connectivity index (χ4n) is 3.73. The molecule has 0 aliphatic carbocycles. The maximum absolute atomic E-state index is 14.5. The minimum atomic E-state index is -4.74. The Balaban J connectivity index is 1.55. The van der Waals surface area contributed by atoms with Crippen molar-refractivity contribution in [3.8, 4) is 17.3 Å². The molecule has 0 radical (unpaired) electrons. The first-order valence-electron chi connectivity index (χ1n) is 11.0. The summed E-state index contributed by atoms with van der Waals surface area (Å²) in [6, 6.07) is 3.43. The molecule has 2 atom stereocenters. The number of aromatic nitrogens is 4. The fourth-order valence-corrected chi connectivity index (χ4v) is 5.37. The van der Waals surface area contributed by atoms with Crippen LogP contribution in [-0.4, -0.2) is 57.9 Å². The second-order valence-electron chi connectivity index (χ2n) is 8.21. The number of carbonyl (C=O) groups is 1. The molecule has 206 valence electrons. The van der Waals surface area contributed by atoms with Gasteiger partial charge in [-0.3, -0.25) is 9.10 Å². The van der Waals surface area contributed by atoms with Gasteiger partial charge in [-0.15, -0.1) is 0 Å². The number of halogens is 5. The lowest BCUT2D eigenvalue weighted by atomic mass is 10.2. The van der Waals surface area contributed by atoms with Crippen molar-refractivity contribution in [3.05, 3.63) is 72.3 Å². The first-order chi connectivity index (χ1) is 18.3. The summed E-state index contributed by atoms with van der Waals surface area (Å²) in [6.07, 6.45) is -5.26. The molecule has 16 heteroatoms. The number of nitrogens with zero attached hydrogens (tertiary/aromatic N) is 5. The normalized spacial score (nSPS) is 17.8. The van der Waals surface area contributed by atoms with Crippen LogP contribution in [0.4, 0.5) is 22.0 Å². The summed E-state index contributed by atoms with van der Waals surface area (Å²) in [5.74, 6) is -2.91. The lowest BCUT2D eigenvalue weighted by Crippen LogP contribution is -2.45. The van der Waals surface area contributed by atoms with E-state index in [1.165, 1.54) is 13.2 Å². The van der Waals surface area contributed by atoms with E-state index >= 15 is 0 Å². The highest BCUT2D eigenvalue weighted by Gasteiger charge is 2.46. The lowest BCUT2D eigenvalue weighted by Gasteiger charge is -2.26. The third kappa shape index (κ3) is 5.79. The van der Waals surface area contributed by atoms with Gasteiger partial charge in [-0.05, 0) is 30.3 Å². The standard InChI is InChI=1S/C23H19F5N6O4S/c1-12-17(25)8-19(34(12)39(36,37)16-5-3-14(24)4-6-16)20(35)29-11-15-7-18(33-22(32-15)38-2)13-9-30-21(31-10-13)23(26,27)28/h3-7,9-10,17,19H,1,8,11H2,2H3,(H,29,35)/t17-,19+/m1/s1. The number of hydrogen-bond acceptors (Lipinski definition) is 8. The first kappa shape index (κ1) is 27.8. The molecule has 0 saturated carbocycles. The average molecular weight is 571 g/mol. The summed E-state index contributed by atoms with van der Waals surface area (Å²) in [4.78, 5) is 27.3. The number of rotatable bonds is 7. The molecule has 2 aromatic heterocycles. The highest BCUT2D eigenvalue weighted by atomic mass is 32.2. The number of methoxy groups -OCH3 is 1. The zero-order valence-electron chi connectivity index (χ0n) is 20.0. The second-order valence-corrected chi connectivity index (χ2v) is 10.0. The minimum Gasteiger partial charge on any atom is -0.467 e. The third-order valence-corrected chi connectivity index (χ3v) is 7.49. The van der Waals surface area contributed by atoms with Crippen molar-refractivity contribution in [1.82, 2.24) is 29.6 Å². The zero-order valence-corrected chi connectivity index (χ0v) is 20.8. The smallest absolute Gasteiger partial charge is 0.451 e. The van der Waals surface area contributed by atoms with Gasteiger partial charge in [-0.1, -0.05) is 6.58 Å². The molecule has 1 aliphatic rings. The van der Waals surface area contributed by atoms with Gasteiger partial charge in [0.2, 0.25) is 11.7 Å². The second kappa shape index (κ2) is 10.5. The lowest BCUT2D eigenvalue weighted by molar-refractivity contribution is -0.145. The molecule has 1 saturated heterocycles. The Morgan fingerprint density at radius 3 is 2.41 bits per heavy atom. The van der Waals surface area contributed by atoms with Crippen LogP contribution in [0.3, 0.4) is 0 Å². The molecule has 1 fully saturated rings. The molecule has 1 N–H and O–H groups in total. The number of alkyl halides is 4. The summed E-state index contributed by atoms with van der Waals surface area (Å²) in [5, 5.41) is 2.47. The number of ether oxygens (including phenoxy) is 1.